The third kappa shape index (κ3) is 0.992. The van der Waals surface area contributed by atoms with Crippen LogP contribution in [-0.2, 0) is 0 Å². The number of halogens is 5. The van der Waals surface area contributed by atoms with Gasteiger partial charge in [-0.2, -0.15) is 0 Å². The van der Waals surface area contributed by atoms with E-state index in [-0.39, 0.29) is 0 Å². The van der Waals surface area contributed by atoms with Crippen molar-refractivity contribution in [3.05, 3.63) is 29.1 Å². The normalized spacial score (nSPS) is 10.4. The van der Waals surface area contributed by atoms with Crippen molar-refractivity contribution in [2.75, 3.05) is 0 Å². The molecule has 0 bridgehead atoms. The summed E-state index contributed by atoms with van der Waals surface area (Å²) in [5.74, 6) is -13.6. The van der Waals surface area contributed by atoms with E-state index in [0.717, 1.165) is 0 Å². The van der Waals surface area contributed by atoms with Crippen molar-refractivity contribution in [3.8, 4) is 5.75 Å². The van der Waals surface area contributed by atoms with Gasteiger partial charge in [0.15, 0.2) is 29.1 Å². The van der Waals surface area contributed by atoms with Crippen molar-refractivity contribution in [2.45, 2.75) is 0 Å². The summed E-state index contributed by atoms with van der Waals surface area (Å²) in [7, 11) is 0. The van der Waals surface area contributed by atoms with Gasteiger partial charge in [-0.05, 0) is 5.75 Å². The van der Waals surface area contributed by atoms with E-state index in [0.29, 0.717) is 0 Å². The molecule has 1 aromatic rings. The monoisotopic (exact) mass is 183 g/mol. The molecule has 0 fully saturated rings. The van der Waals surface area contributed by atoms with E-state index in [1.807, 2.05) is 0 Å². The fourth-order valence-corrected chi connectivity index (χ4v) is 0.585. The molecule has 0 spiro atoms. The highest BCUT2D eigenvalue weighted by Gasteiger charge is 2.20. The quantitative estimate of drug-likeness (QED) is 0.339. The van der Waals surface area contributed by atoms with E-state index < -0.39 is 34.8 Å². The molecule has 0 unspecified atom stereocenters. The SMILES string of the molecule is [O-]c1c(F)c(F)c(F)c(F)c1F. The molecule has 0 radical (unpaired) electrons. The molecule has 1 aromatic carbocycles. The van der Waals surface area contributed by atoms with Crippen LogP contribution < -0.4 is 5.11 Å². The Balaban J connectivity index is 3.60. The molecular weight excluding hydrogens is 183 g/mol. The van der Waals surface area contributed by atoms with Gasteiger partial charge in [0.25, 0.3) is 0 Å². The van der Waals surface area contributed by atoms with Gasteiger partial charge in [-0.25, -0.2) is 22.0 Å². The zero-order valence-corrected chi connectivity index (χ0v) is 5.30. The van der Waals surface area contributed by atoms with Crippen molar-refractivity contribution in [1.29, 1.82) is 0 Å². The molecule has 0 saturated heterocycles. The van der Waals surface area contributed by atoms with E-state index in [9.17, 15) is 27.1 Å². The Labute approximate surface area is 63.1 Å². The van der Waals surface area contributed by atoms with Crippen molar-refractivity contribution in [3.63, 3.8) is 0 Å². The molecule has 0 saturated carbocycles. The maximum Gasteiger partial charge on any atom is 0.200 e. The van der Waals surface area contributed by atoms with Gasteiger partial charge in [0, 0.05) is 0 Å². The van der Waals surface area contributed by atoms with Gasteiger partial charge in [-0.1, -0.05) is 0 Å². The average Bonchev–Trinajstić information content (AvgIpc) is 2.08. The van der Waals surface area contributed by atoms with Crippen LogP contribution in [-0.4, -0.2) is 0 Å². The van der Waals surface area contributed by atoms with Crippen LogP contribution in [0, 0.1) is 29.1 Å². The average molecular weight is 183 g/mol. The summed E-state index contributed by atoms with van der Waals surface area (Å²) in [4.78, 5) is 0. The fraction of sp³-hybridized carbons (Fsp3) is 0. The first kappa shape index (κ1) is 8.76. The number of hydrogen-bond donors (Lipinski definition) is 0. The van der Waals surface area contributed by atoms with Crippen LogP contribution in [0.4, 0.5) is 22.0 Å². The molecular formula is C6F5O-. The van der Waals surface area contributed by atoms with E-state index in [1.165, 1.54) is 0 Å². The second-order valence-corrected chi connectivity index (χ2v) is 1.90. The van der Waals surface area contributed by atoms with Crippen molar-refractivity contribution in [2.24, 2.45) is 0 Å². The minimum absolute atomic E-state index is 2.12. The van der Waals surface area contributed by atoms with Crippen LogP contribution in [0.1, 0.15) is 0 Å². The molecule has 1 rings (SSSR count). The second-order valence-electron chi connectivity index (χ2n) is 1.90. The van der Waals surface area contributed by atoms with E-state index in [2.05, 4.69) is 0 Å². The Kier molecular flexibility index (Phi) is 1.91. The predicted octanol–water partition coefficient (Wildman–Crippen LogP) is 1.46. The third-order valence-corrected chi connectivity index (χ3v) is 1.17. The van der Waals surface area contributed by atoms with E-state index >= 15 is 0 Å². The number of rotatable bonds is 0. The third-order valence-electron chi connectivity index (χ3n) is 1.17. The summed E-state index contributed by atoms with van der Waals surface area (Å²) >= 11 is 0. The highest BCUT2D eigenvalue weighted by molar-refractivity contribution is 5.26. The first-order valence-electron chi connectivity index (χ1n) is 2.65. The standard InChI is InChI=1S/C6HF5O/c7-1-2(8)4(10)6(12)5(11)3(1)9/h12H/p-1. The zero-order valence-electron chi connectivity index (χ0n) is 5.30. The Morgan fingerprint density at radius 1 is 0.583 bits per heavy atom. The predicted molar refractivity (Wildman–Crippen MR) is 25.7 cm³/mol. The molecule has 66 valence electrons. The van der Waals surface area contributed by atoms with Gasteiger partial charge in [-0.15, -0.1) is 0 Å². The van der Waals surface area contributed by atoms with Gasteiger partial charge in [0.2, 0.25) is 0 Å². The molecule has 0 N–H and O–H groups in total. The van der Waals surface area contributed by atoms with Gasteiger partial charge in [0.1, 0.15) is 0 Å². The summed E-state index contributed by atoms with van der Waals surface area (Å²) in [6, 6.07) is 0. The molecule has 0 heterocycles. The summed E-state index contributed by atoms with van der Waals surface area (Å²) in [6.45, 7) is 0. The van der Waals surface area contributed by atoms with Crippen LogP contribution in [0.2, 0.25) is 0 Å². The lowest BCUT2D eigenvalue weighted by Crippen LogP contribution is -2.07. The van der Waals surface area contributed by atoms with Crippen LogP contribution in [0.15, 0.2) is 0 Å². The first-order chi connectivity index (χ1) is 5.46. The van der Waals surface area contributed by atoms with Gasteiger partial charge in [-0.3, -0.25) is 0 Å². The largest absolute Gasteiger partial charge is 0.868 e. The summed E-state index contributed by atoms with van der Waals surface area (Å²) in [5.41, 5.74) is 0. The maximum atomic E-state index is 12.1. The zero-order chi connectivity index (χ0) is 9.46. The molecule has 0 atom stereocenters. The van der Waals surface area contributed by atoms with Crippen LogP contribution >= 0.6 is 0 Å². The van der Waals surface area contributed by atoms with E-state index in [1.54, 1.807) is 0 Å². The Hall–Kier alpha value is -1.33. The second kappa shape index (κ2) is 2.62. The first-order valence-corrected chi connectivity index (χ1v) is 2.65. The van der Waals surface area contributed by atoms with Crippen molar-refractivity contribution < 1.29 is 27.1 Å². The molecule has 0 aliphatic carbocycles. The lowest BCUT2D eigenvalue weighted by Gasteiger charge is -2.09. The van der Waals surface area contributed by atoms with Crippen LogP contribution in [0.5, 0.6) is 5.75 Å². The number of benzene rings is 1. The molecule has 0 aliphatic heterocycles. The van der Waals surface area contributed by atoms with Crippen LogP contribution in [0.25, 0.3) is 0 Å². The Bertz CT molecular complexity index is 230. The highest BCUT2D eigenvalue weighted by Crippen LogP contribution is 2.25. The minimum atomic E-state index is -2.33. The summed E-state index contributed by atoms with van der Waals surface area (Å²) in [6.07, 6.45) is 0. The fourth-order valence-electron chi connectivity index (χ4n) is 0.585. The maximum absolute atomic E-state index is 12.1. The van der Waals surface area contributed by atoms with Gasteiger partial charge >= 0.3 is 0 Å². The Morgan fingerprint density at radius 2 is 0.833 bits per heavy atom. The smallest absolute Gasteiger partial charge is 0.200 e. The van der Waals surface area contributed by atoms with Crippen molar-refractivity contribution in [1.82, 2.24) is 0 Å². The minimum Gasteiger partial charge on any atom is -0.868 e. The topological polar surface area (TPSA) is 23.1 Å². The van der Waals surface area contributed by atoms with Gasteiger partial charge < -0.3 is 5.11 Å². The summed E-state index contributed by atoms with van der Waals surface area (Å²) < 4.78 is 60.4. The summed E-state index contributed by atoms with van der Waals surface area (Å²) in [5, 5.41) is 10.2. The lowest BCUT2D eigenvalue weighted by atomic mass is 10.3. The highest BCUT2D eigenvalue weighted by atomic mass is 19.2. The Morgan fingerprint density at radius 3 is 1.17 bits per heavy atom. The molecule has 0 aliphatic rings. The molecule has 0 amide bonds. The lowest BCUT2D eigenvalue weighted by molar-refractivity contribution is -0.277. The molecule has 1 nitrogen and oxygen atoms in total. The van der Waals surface area contributed by atoms with Crippen LogP contribution in [0.3, 0.4) is 0 Å². The van der Waals surface area contributed by atoms with E-state index in [4.69, 9.17) is 0 Å². The molecule has 6 heteroatoms. The number of hydrogen-bond acceptors (Lipinski definition) is 1. The van der Waals surface area contributed by atoms with Crippen molar-refractivity contribution >= 4 is 0 Å². The molecule has 12 heavy (non-hydrogen) atoms. The molecule has 0 aromatic heterocycles. The van der Waals surface area contributed by atoms with Gasteiger partial charge in [0.05, 0.1) is 0 Å².